The lowest BCUT2D eigenvalue weighted by molar-refractivity contribution is -0.113. The number of nitrogens with one attached hydrogen (secondary N) is 2. The van der Waals surface area contributed by atoms with Crippen LogP contribution >= 0.6 is 11.8 Å². The molecule has 0 aliphatic rings. The van der Waals surface area contributed by atoms with Crippen LogP contribution in [0.25, 0.3) is 0 Å². The fourth-order valence-electron chi connectivity index (χ4n) is 2.34. The summed E-state index contributed by atoms with van der Waals surface area (Å²) in [5.74, 6) is -0.498. The molecule has 8 heteroatoms. The second-order valence-corrected chi connectivity index (χ2v) is 7.16. The summed E-state index contributed by atoms with van der Waals surface area (Å²) in [6.07, 6.45) is 3.49. The number of thioether (sulfide) groups is 1. The number of carbonyl (C=O) groups is 2. The van der Waals surface area contributed by atoms with Crippen molar-refractivity contribution in [2.24, 2.45) is 0 Å². The van der Waals surface area contributed by atoms with Gasteiger partial charge in [0.15, 0.2) is 5.16 Å². The number of H-pyrrole nitrogens is 1. The minimum Gasteiger partial charge on any atom is -0.462 e. The van der Waals surface area contributed by atoms with Crippen molar-refractivity contribution in [3.8, 4) is 0 Å². The van der Waals surface area contributed by atoms with Crippen LogP contribution in [0.4, 0.5) is 5.69 Å². The molecule has 0 saturated carbocycles. The molecule has 28 heavy (non-hydrogen) atoms. The van der Waals surface area contributed by atoms with E-state index in [0.717, 1.165) is 31.4 Å². The zero-order chi connectivity index (χ0) is 20.4. The van der Waals surface area contributed by atoms with Gasteiger partial charge in [-0.15, -0.1) is 0 Å². The van der Waals surface area contributed by atoms with E-state index < -0.39 is 0 Å². The molecule has 150 valence electrons. The maximum absolute atomic E-state index is 12.1. The third kappa shape index (κ3) is 7.19. The SMILES string of the molecule is CCCCc1cc(=O)[nH]c(SCC(=O)Nc2ccc(C(=O)OCCC)cc2)n1. The van der Waals surface area contributed by atoms with Crippen molar-refractivity contribution in [3.05, 3.63) is 51.9 Å². The molecule has 7 nitrogen and oxygen atoms in total. The quantitative estimate of drug-likeness (QED) is 0.358. The summed E-state index contributed by atoms with van der Waals surface area (Å²) in [5, 5.41) is 3.19. The molecule has 0 spiro atoms. The fraction of sp³-hybridized carbons (Fsp3) is 0.400. The summed E-state index contributed by atoms with van der Waals surface area (Å²) in [5.41, 5.74) is 1.54. The van der Waals surface area contributed by atoms with Crippen LogP contribution in [0.1, 0.15) is 49.2 Å². The molecule has 0 atom stereocenters. The summed E-state index contributed by atoms with van der Waals surface area (Å²) in [6.45, 7) is 4.38. The van der Waals surface area contributed by atoms with Gasteiger partial charge in [0.1, 0.15) is 0 Å². The molecular weight excluding hydrogens is 378 g/mol. The van der Waals surface area contributed by atoms with Crippen LogP contribution in [0.15, 0.2) is 40.3 Å². The Morgan fingerprint density at radius 1 is 1.18 bits per heavy atom. The summed E-state index contributed by atoms with van der Waals surface area (Å²) < 4.78 is 5.06. The number of ether oxygens (including phenoxy) is 1. The fourth-order valence-corrected chi connectivity index (χ4v) is 3.03. The molecular formula is C20H25N3O4S. The molecule has 0 radical (unpaired) electrons. The first-order valence-corrected chi connectivity index (χ1v) is 10.3. The summed E-state index contributed by atoms with van der Waals surface area (Å²) in [4.78, 5) is 42.7. The minimum absolute atomic E-state index is 0.112. The number of rotatable bonds is 10. The van der Waals surface area contributed by atoms with E-state index in [9.17, 15) is 14.4 Å². The van der Waals surface area contributed by atoms with Gasteiger partial charge in [-0.2, -0.15) is 0 Å². The number of hydrogen-bond donors (Lipinski definition) is 2. The maximum Gasteiger partial charge on any atom is 0.338 e. The third-order valence-corrected chi connectivity index (χ3v) is 4.61. The zero-order valence-corrected chi connectivity index (χ0v) is 16.9. The number of anilines is 1. The van der Waals surface area contributed by atoms with Gasteiger partial charge in [-0.25, -0.2) is 9.78 Å². The van der Waals surface area contributed by atoms with Crippen molar-refractivity contribution in [1.82, 2.24) is 9.97 Å². The zero-order valence-electron chi connectivity index (χ0n) is 16.1. The molecule has 1 amide bonds. The molecule has 1 aromatic heterocycles. The Hall–Kier alpha value is -2.61. The molecule has 0 bridgehead atoms. The molecule has 0 fully saturated rings. The van der Waals surface area contributed by atoms with Crippen LogP contribution in [0.2, 0.25) is 0 Å². The lowest BCUT2D eigenvalue weighted by atomic mass is 10.2. The Labute approximate surface area is 168 Å². The average molecular weight is 404 g/mol. The van der Waals surface area contributed by atoms with E-state index in [1.165, 1.54) is 17.8 Å². The Bertz CT molecular complexity index is 849. The lowest BCUT2D eigenvalue weighted by Crippen LogP contribution is -2.16. The molecule has 2 N–H and O–H groups in total. The van der Waals surface area contributed by atoms with Gasteiger partial charge >= 0.3 is 5.97 Å². The van der Waals surface area contributed by atoms with Crippen molar-refractivity contribution < 1.29 is 14.3 Å². The number of aryl methyl sites for hydroxylation is 1. The Balaban J connectivity index is 1.88. The number of unbranched alkanes of at least 4 members (excludes halogenated alkanes) is 1. The van der Waals surface area contributed by atoms with Crippen molar-refractivity contribution in [2.45, 2.75) is 44.7 Å². The molecule has 0 aliphatic heterocycles. The van der Waals surface area contributed by atoms with Crippen LogP contribution in [-0.2, 0) is 16.0 Å². The van der Waals surface area contributed by atoms with E-state index >= 15 is 0 Å². The first-order valence-electron chi connectivity index (χ1n) is 9.32. The van der Waals surface area contributed by atoms with Crippen LogP contribution in [0, 0.1) is 0 Å². The van der Waals surface area contributed by atoms with Gasteiger partial charge in [0.2, 0.25) is 5.91 Å². The summed E-state index contributed by atoms with van der Waals surface area (Å²) in [6, 6.07) is 8.01. The van der Waals surface area contributed by atoms with Crippen molar-refractivity contribution in [3.63, 3.8) is 0 Å². The number of aromatic amines is 1. The maximum atomic E-state index is 12.1. The number of amides is 1. The van der Waals surface area contributed by atoms with E-state index in [1.807, 2.05) is 6.92 Å². The predicted octanol–water partition coefficient (Wildman–Crippen LogP) is 3.41. The van der Waals surface area contributed by atoms with Crippen LogP contribution < -0.4 is 10.9 Å². The Kier molecular flexibility index (Phi) is 8.74. The normalized spacial score (nSPS) is 10.5. The average Bonchev–Trinajstić information content (AvgIpc) is 2.69. The van der Waals surface area contributed by atoms with Crippen molar-refractivity contribution in [1.29, 1.82) is 0 Å². The molecule has 1 aromatic carbocycles. The number of hydrogen-bond acceptors (Lipinski definition) is 6. The molecule has 2 aromatic rings. The molecule has 0 unspecified atom stereocenters. The standard InChI is InChI=1S/C20H25N3O4S/c1-3-5-6-16-12-17(24)23-20(22-16)28-13-18(25)21-15-9-7-14(8-10-15)19(26)27-11-4-2/h7-10,12H,3-6,11,13H2,1-2H3,(H,21,25)(H,22,23,24). The molecule has 0 aliphatic carbocycles. The van der Waals surface area contributed by atoms with Crippen LogP contribution in [0.5, 0.6) is 0 Å². The first kappa shape index (κ1) is 21.7. The van der Waals surface area contributed by atoms with Gasteiger partial charge in [-0.3, -0.25) is 9.59 Å². The number of nitrogens with zero attached hydrogens (tertiary/aromatic N) is 1. The topological polar surface area (TPSA) is 101 Å². The van der Waals surface area contributed by atoms with E-state index in [1.54, 1.807) is 24.3 Å². The molecule has 1 heterocycles. The van der Waals surface area contributed by atoms with E-state index in [2.05, 4.69) is 22.2 Å². The Morgan fingerprint density at radius 3 is 2.61 bits per heavy atom. The molecule has 0 saturated heterocycles. The molecule has 2 rings (SSSR count). The van der Waals surface area contributed by atoms with Gasteiger partial charge in [0, 0.05) is 17.4 Å². The highest BCUT2D eigenvalue weighted by Crippen LogP contribution is 2.15. The van der Waals surface area contributed by atoms with Crippen LogP contribution in [-0.4, -0.2) is 34.2 Å². The van der Waals surface area contributed by atoms with E-state index in [-0.39, 0.29) is 23.2 Å². The summed E-state index contributed by atoms with van der Waals surface area (Å²) in [7, 11) is 0. The predicted molar refractivity (Wildman–Crippen MR) is 110 cm³/mol. The second kappa shape index (κ2) is 11.3. The largest absolute Gasteiger partial charge is 0.462 e. The smallest absolute Gasteiger partial charge is 0.338 e. The first-order chi connectivity index (χ1) is 13.5. The number of aromatic nitrogens is 2. The highest BCUT2D eigenvalue weighted by atomic mass is 32.2. The van der Waals surface area contributed by atoms with Crippen molar-refractivity contribution >= 4 is 29.3 Å². The monoisotopic (exact) mass is 403 g/mol. The number of carbonyl (C=O) groups excluding carboxylic acids is 2. The van der Waals surface area contributed by atoms with Crippen LogP contribution in [0.3, 0.4) is 0 Å². The van der Waals surface area contributed by atoms with Gasteiger partial charge in [-0.05, 0) is 43.5 Å². The minimum atomic E-state index is -0.381. The van der Waals surface area contributed by atoms with Gasteiger partial charge < -0.3 is 15.0 Å². The van der Waals surface area contributed by atoms with E-state index in [4.69, 9.17) is 4.74 Å². The van der Waals surface area contributed by atoms with Gasteiger partial charge in [0.05, 0.1) is 17.9 Å². The highest BCUT2D eigenvalue weighted by Gasteiger charge is 2.09. The number of benzene rings is 1. The van der Waals surface area contributed by atoms with Crippen molar-refractivity contribution in [2.75, 3.05) is 17.7 Å². The van der Waals surface area contributed by atoms with Gasteiger partial charge in [-0.1, -0.05) is 32.0 Å². The third-order valence-electron chi connectivity index (χ3n) is 3.74. The highest BCUT2D eigenvalue weighted by molar-refractivity contribution is 7.99. The van der Waals surface area contributed by atoms with E-state index in [0.29, 0.717) is 23.0 Å². The van der Waals surface area contributed by atoms with Gasteiger partial charge in [0.25, 0.3) is 5.56 Å². The second-order valence-electron chi connectivity index (χ2n) is 6.20. The lowest BCUT2D eigenvalue weighted by Gasteiger charge is -2.07. The summed E-state index contributed by atoms with van der Waals surface area (Å²) >= 11 is 1.17. The number of esters is 1. The Morgan fingerprint density at radius 2 is 1.93 bits per heavy atom.